The van der Waals surface area contributed by atoms with E-state index in [0.29, 0.717) is 6.42 Å². The summed E-state index contributed by atoms with van der Waals surface area (Å²) in [7, 11) is 0. The summed E-state index contributed by atoms with van der Waals surface area (Å²) < 4.78 is 31.6. The van der Waals surface area contributed by atoms with Crippen LogP contribution in [0.4, 0.5) is 8.78 Å². The quantitative estimate of drug-likeness (QED) is 0.423. The van der Waals surface area contributed by atoms with Gasteiger partial charge in [0.1, 0.15) is 6.80 Å². The second kappa shape index (κ2) is 6.78. The minimum absolute atomic E-state index is 0.0312. The number of esters is 1. The smallest absolute Gasteiger partial charge is 0.313 e. The number of nitrogens with zero attached hydrogens (tertiary/aromatic N) is 1. The van der Waals surface area contributed by atoms with Gasteiger partial charge >= 0.3 is 5.97 Å². The van der Waals surface area contributed by atoms with Crippen LogP contribution in [0.2, 0.25) is 0 Å². The van der Waals surface area contributed by atoms with Crippen LogP contribution in [-0.2, 0) is 9.53 Å². The molecule has 2 aliphatic rings. The lowest BCUT2D eigenvalue weighted by atomic mass is 9.76. The summed E-state index contributed by atoms with van der Waals surface area (Å²) >= 11 is 2.23. The van der Waals surface area contributed by atoms with Crippen molar-refractivity contribution in [1.29, 1.82) is 0 Å². The van der Waals surface area contributed by atoms with E-state index in [1.807, 2.05) is 24.3 Å². The van der Waals surface area contributed by atoms with Gasteiger partial charge in [0, 0.05) is 21.6 Å². The summed E-state index contributed by atoms with van der Waals surface area (Å²) in [5.74, 6) is -1.07. The predicted octanol–water partition coefficient (Wildman–Crippen LogP) is 3.62. The largest absolute Gasteiger partial charge is 0.433 e. The van der Waals surface area contributed by atoms with Gasteiger partial charge in [-0.3, -0.25) is 9.69 Å². The van der Waals surface area contributed by atoms with Crippen LogP contribution in [0.1, 0.15) is 30.7 Å². The van der Waals surface area contributed by atoms with Crippen molar-refractivity contribution < 1.29 is 18.3 Å². The monoisotopic (exact) mass is 421 g/mol. The molecule has 3 rings (SSSR count). The van der Waals surface area contributed by atoms with Crippen LogP contribution in [-0.4, -0.2) is 36.6 Å². The Morgan fingerprint density at radius 3 is 2.64 bits per heavy atom. The number of fused-ring (bicyclic) bond motifs is 2. The first-order valence-electron chi connectivity index (χ1n) is 7.45. The average Bonchev–Trinajstić information content (AvgIpc) is 2.80. The van der Waals surface area contributed by atoms with E-state index in [9.17, 15) is 13.6 Å². The van der Waals surface area contributed by atoms with Gasteiger partial charge in [0.25, 0.3) is 0 Å². The van der Waals surface area contributed by atoms with E-state index < -0.39 is 25.5 Å². The van der Waals surface area contributed by atoms with E-state index in [1.54, 1.807) is 4.90 Å². The molecule has 0 aliphatic carbocycles. The molecule has 2 saturated heterocycles. The first-order valence-corrected chi connectivity index (χ1v) is 8.53. The predicted molar refractivity (Wildman–Crippen MR) is 86.7 cm³/mol. The standard InChI is InChI=1S/C16H18F2INO2/c17-8-20-12-5-6-14(20)15(16(21)22-9-18)13(7-12)10-1-3-11(19)4-2-10/h1-4,12-15H,5-9H2/t12-,13-,14?,15?/m1/s1. The molecule has 1 aromatic rings. The molecule has 1 aromatic carbocycles. The average molecular weight is 421 g/mol. The highest BCUT2D eigenvalue weighted by molar-refractivity contribution is 14.1. The van der Waals surface area contributed by atoms with E-state index in [-0.39, 0.29) is 18.0 Å². The number of piperidine rings is 1. The van der Waals surface area contributed by atoms with Gasteiger partial charge in [-0.15, -0.1) is 0 Å². The van der Waals surface area contributed by atoms with Crippen molar-refractivity contribution in [3.05, 3.63) is 33.4 Å². The van der Waals surface area contributed by atoms with E-state index in [4.69, 9.17) is 0 Å². The number of hydrogen-bond donors (Lipinski definition) is 0. The zero-order valence-corrected chi connectivity index (χ0v) is 14.2. The van der Waals surface area contributed by atoms with Crippen molar-refractivity contribution in [3.8, 4) is 0 Å². The molecule has 2 aliphatic heterocycles. The fourth-order valence-corrected chi connectivity index (χ4v) is 4.38. The molecule has 0 radical (unpaired) electrons. The molecule has 0 saturated carbocycles. The number of carbonyl (C=O) groups excluding carboxylic acids is 1. The molecule has 0 N–H and O–H groups in total. The molecule has 2 unspecified atom stereocenters. The SMILES string of the molecule is O=C(OCF)C1C2CC[C@H](C[C@@H]1c1ccc(I)cc1)N2CF. The van der Waals surface area contributed by atoms with E-state index in [1.165, 1.54) is 0 Å². The Hall–Kier alpha value is -0.760. The number of ether oxygens (including phenoxy) is 1. The summed E-state index contributed by atoms with van der Waals surface area (Å²) in [4.78, 5) is 14.0. The Balaban J connectivity index is 1.93. The highest BCUT2D eigenvalue weighted by Crippen LogP contribution is 2.47. The van der Waals surface area contributed by atoms with Crippen LogP contribution < -0.4 is 0 Å². The third kappa shape index (κ3) is 2.87. The van der Waals surface area contributed by atoms with E-state index in [0.717, 1.165) is 22.0 Å². The number of carbonyl (C=O) groups is 1. The Labute approximate surface area is 142 Å². The van der Waals surface area contributed by atoms with Crippen molar-refractivity contribution in [2.45, 2.75) is 37.3 Å². The highest BCUT2D eigenvalue weighted by Gasteiger charge is 2.51. The van der Waals surface area contributed by atoms with Crippen molar-refractivity contribution in [2.24, 2.45) is 5.92 Å². The van der Waals surface area contributed by atoms with Gasteiger partial charge in [-0.25, -0.2) is 8.78 Å². The van der Waals surface area contributed by atoms with Crippen LogP contribution in [0.25, 0.3) is 0 Å². The van der Waals surface area contributed by atoms with E-state index in [2.05, 4.69) is 27.3 Å². The van der Waals surface area contributed by atoms with E-state index >= 15 is 0 Å². The van der Waals surface area contributed by atoms with Gasteiger partial charge in [-0.2, -0.15) is 0 Å². The fourth-order valence-electron chi connectivity index (χ4n) is 4.02. The van der Waals surface area contributed by atoms with Gasteiger partial charge in [-0.1, -0.05) is 12.1 Å². The molecule has 120 valence electrons. The molecular weight excluding hydrogens is 403 g/mol. The summed E-state index contributed by atoms with van der Waals surface area (Å²) in [5, 5.41) is 0. The molecule has 3 nitrogen and oxygen atoms in total. The summed E-state index contributed by atoms with van der Waals surface area (Å²) in [6.45, 7) is -1.69. The van der Waals surface area contributed by atoms with Gasteiger partial charge in [-0.05, 0) is 59.5 Å². The van der Waals surface area contributed by atoms with Crippen molar-refractivity contribution in [3.63, 3.8) is 0 Å². The number of rotatable bonds is 4. The number of alkyl halides is 2. The van der Waals surface area contributed by atoms with Crippen molar-refractivity contribution in [2.75, 3.05) is 13.7 Å². The normalized spacial score (nSPS) is 31.2. The Kier molecular flexibility index (Phi) is 4.97. The number of benzene rings is 1. The van der Waals surface area contributed by atoms with Crippen LogP contribution in [0.3, 0.4) is 0 Å². The van der Waals surface area contributed by atoms with Gasteiger partial charge in [0.2, 0.25) is 6.86 Å². The molecule has 2 heterocycles. The molecule has 4 atom stereocenters. The number of hydrogen-bond acceptors (Lipinski definition) is 3. The molecule has 0 amide bonds. The molecule has 2 bridgehead atoms. The second-order valence-electron chi connectivity index (χ2n) is 5.92. The zero-order chi connectivity index (χ0) is 15.7. The lowest BCUT2D eigenvalue weighted by Gasteiger charge is -2.42. The van der Waals surface area contributed by atoms with Crippen LogP contribution >= 0.6 is 22.6 Å². The highest BCUT2D eigenvalue weighted by atomic mass is 127. The van der Waals surface area contributed by atoms with Crippen LogP contribution in [0.15, 0.2) is 24.3 Å². The molecule has 22 heavy (non-hydrogen) atoms. The van der Waals surface area contributed by atoms with Crippen LogP contribution in [0.5, 0.6) is 0 Å². The molecule has 0 aromatic heterocycles. The van der Waals surface area contributed by atoms with Gasteiger partial charge in [0.05, 0.1) is 5.92 Å². The minimum Gasteiger partial charge on any atom is -0.433 e. The fraction of sp³-hybridized carbons (Fsp3) is 0.562. The summed E-state index contributed by atoms with van der Waals surface area (Å²) in [6, 6.07) is 7.98. The lowest BCUT2D eigenvalue weighted by molar-refractivity contribution is -0.158. The maximum Gasteiger partial charge on any atom is 0.313 e. The van der Waals surface area contributed by atoms with Crippen molar-refractivity contribution in [1.82, 2.24) is 4.90 Å². The van der Waals surface area contributed by atoms with Crippen LogP contribution in [0, 0.1) is 9.49 Å². The summed E-state index contributed by atoms with van der Waals surface area (Å²) in [6.07, 6.45) is 2.36. The third-order valence-electron chi connectivity index (χ3n) is 4.97. The topological polar surface area (TPSA) is 29.5 Å². The first kappa shape index (κ1) is 16.1. The first-order chi connectivity index (χ1) is 10.7. The Bertz CT molecular complexity index is 539. The zero-order valence-electron chi connectivity index (χ0n) is 12.1. The maximum absolute atomic E-state index is 13.3. The minimum atomic E-state index is -1.12. The van der Waals surface area contributed by atoms with Gasteiger partial charge in [0.15, 0.2) is 0 Å². The second-order valence-corrected chi connectivity index (χ2v) is 7.17. The molecular formula is C16H18F2INO2. The summed E-state index contributed by atoms with van der Waals surface area (Å²) in [5.41, 5.74) is 1.05. The molecule has 0 spiro atoms. The number of halogens is 3. The Morgan fingerprint density at radius 1 is 1.27 bits per heavy atom. The molecule has 2 fully saturated rings. The van der Waals surface area contributed by atoms with Gasteiger partial charge < -0.3 is 4.74 Å². The van der Waals surface area contributed by atoms with Crippen molar-refractivity contribution >= 4 is 28.6 Å². The Morgan fingerprint density at radius 2 is 2.00 bits per heavy atom. The maximum atomic E-state index is 13.3. The lowest BCUT2D eigenvalue weighted by Crippen LogP contribution is -2.50. The molecule has 6 heteroatoms. The third-order valence-corrected chi connectivity index (χ3v) is 5.69.